The van der Waals surface area contributed by atoms with Crippen LogP contribution in [0.5, 0.6) is 0 Å². The summed E-state index contributed by atoms with van der Waals surface area (Å²) in [6.45, 7) is 1.64. The van der Waals surface area contributed by atoms with E-state index in [1.807, 2.05) is 37.3 Å². The Hall–Kier alpha value is -3.29. The van der Waals surface area contributed by atoms with E-state index in [0.717, 1.165) is 10.1 Å². The average Bonchev–Trinajstić information content (AvgIpc) is 2.97. The first kappa shape index (κ1) is 15.6. The zero-order chi connectivity index (χ0) is 16.9. The second kappa shape index (κ2) is 6.86. The van der Waals surface area contributed by atoms with Gasteiger partial charge in [0.25, 0.3) is 0 Å². The molecule has 122 valence electrons. The number of benzene rings is 1. The molecule has 0 saturated carbocycles. The lowest BCUT2D eigenvalue weighted by molar-refractivity contribution is -0.122. The van der Waals surface area contributed by atoms with Gasteiger partial charge in [-0.1, -0.05) is 35.5 Å². The van der Waals surface area contributed by atoms with Crippen LogP contribution in [0.25, 0.3) is 11.6 Å². The zero-order valence-corrected chi connectivity index (χ0v) is 12.9. The summed E-state index contributed by atoms with van der Waals surface area (Å²) in [5.41, 5.74) is 0.968. The molecule has 1 aromatic carbocycles. The Labute approximate surface area is 137 Å². The molecular formula is C16H15N5O3. The van der Waals surface area contributed by atoms with Gasteiger partial charge in [0.15, 0.2) is 5.82 Å². The molecule has 3 aromatic rings. The second-order valence-electron chi connectivity index (χ2n) is 5.13. The highest BCUT2D eigenvalue weighted by Crippen LogP contribution is 2.12. The van der Waals surface area contributed by atoms with Gasteiger partial charge in [0.05, 0.1) is 6.04 Å². The quantitative estimate of drug-likeness (QED) is 0.755. The van der Waals surface area contributed by atoms with Crippen molar-refractivity contribution >= 4 is 5.91 Å². The molecule has 1 unspecified atom stereocenters. The van der Waals surface area contributed by atoms with Crippen LogP contribution in [0.2, 0.25) is 0 Å². The Bertz CT molecular complexity index is 873. The van der Waals surface area contributed by atoms with Crippen LogP contribution in [0.15, 0.2) is 58.1 Å². The highest BCUT2D eigenvalue weighted by atomic mass is 16.5. The molecule has 8 nitrogen and oxygen atoms in total. The number of amides is 1. The van der Waals surface area contributed by atoms with Crippen LogP contribution in [0.1, 0.15) is 18.5 Å². The minimum atomic E-state index is -0.736. The van der Waals surface area contributed by atoms with E-state index in [1.54, 1.807) is 6.07 Å². The summed E-state index contributed by atoms with van der Waals surface area (Å²) in [5.74, 6) is -0.746. The lowest BCUT2D eigenvalue weighted by Crippen LogP contribution is -2.33. The summed E-state index contributed by atoms with van der Waals surface area (Å²) in [6.07, 6.45) is 3.03. The van der Waals surface area contributed by atoms with Crippen molar-refractivity contribution in [3.63, 3.8) is 0 Å². The van der Waals surface area contributed by atoms with Crippen LogP contribution in [0, 0.1) is 0 Å². The lowest BCUT2D eigenvalue weighted by atomic mass is 10.1. The van der Waals surface area contributed by atoms with Gasteiger partial charge in [0.1, 0.15) is 6.54 Å². The Balaban J connectivity index is 1.76. The first-order chi connectivity index (χ1) is 11.6. The van der Waals surface area contributed by atoms with Gasteiger partial charge in [-0.3, -0.25) is 9.32 Å². The van der Waals surface area contributed by atoms with Crippen LogP contribution >= 0.6 is 0 Å². The predicted molar refractivity (Wildman–Crippen MR) is 84.8 cm³/mol. The molecule has 0 spiro atoms. The van der Waals surface area contributed by atoms with Crippen molar-refractivity contribution in [3.05, 3.63) is 64.9 Å². The van der Waals surface area contributed by atoms with E-state index in [-0.39, 0.29) is 30.1 Å². The topological polar surface area (TPSA) is 103 Å². The van der Waals surface area contributed by atoms with Crippen molar-refractivity contribution in [2.24, 2.45) is 0 Å². The van der Waals surface area contributed by atoms with Crippen LogP contribution in [-0.4, -0.2) is 25.6 Å². The molecule has 0 fully saturated rings. The number of hydrogen-bond acceptors (Lipinski definition) is 6. The molecule has 0 saturated heterocycles. The molecule has 1 atom stereocenters. The molecule has 1 N–H and O–H groups in total. The lowest BCUT2D eigenvalue weighted by Gasteiger charge is -2.14. The number of rotatable bonds is 5. The van der Waals surface area contributed by atoms with Crippen molar-refractivity contribution in [3.8, 4) is 11.6 Å². The number of aromatic nitrogens is 4. The van der Waals surface area contributed by atoms with Gasteiger partial charge in [-0.15, -0.1) is 0 Å². The standard InChI is InChI=1S/C16H15N5O3/c1-11(12-6-3-2-4-7-12)19-13(22)10-21-15(20-24-16(21)23)14-17-8-5-9-18-14/h2-9,11H,10H2,1H3,(H,19,22). The first-order valence-electron chi connectivity index (χ1n) is 7.33. The molecule has 1 amide bonds. The summed E-state index contributed by atoms with van der Waals surface area (Å²) in [6, 6.07) is 11.0. The number of carbonyl (C=O) groups excluding carboxylic acids is 1. The van der Waals surface area contributed by atoms with Crippen LogP contribution < -0.4 is 11.1 Å². The van der Waals surface area contributed by atoms with Gasteiger partial charge in [-0.2, -0.15) is 0 Å². The molecular weight excluding hydrogens is 310 g/mol. The maximum absolute atomic E-state index is 12.2. The van der Waals surface area contributed by atoms with Crippen molar-refractivity contribution in [2.45, 2.75) is 19.5 Å². The van der Waals surface area contributed by atoms with E-state index < -0.39 is 5.76 Å². The Morgan fingerprint density at radius 1 is 1.21 bits per heavy atom. The minimum Gasteiger partial charge on any atom is -0.348 e. The fraction of sp³-hybridized carbons (Fsp3) is 0.188. The highest BCUT2D eigenvalue weighted by molar-refractivity contribution is 5.76. The average molecular weight is 325 g/mol. The molecule has 2 heterocycles. The number of hydrogen-bond donors (Lipinski definition) is 1. The molecule has 0 aliphatic rings. The number of nitrogens with zero attached hydrogens (tertiary/aromatic N) is 4. The van der Waals surface area contributed by atoms with Crippen molar-refractivity contribution in [1.29, 1.82) is 0 Å². The summed E-state index contributed by atoms with van der Waals surface area (Å²) < 4.78 is 5.74. The molecule has 24 heavy (non-hydrogen) atoms. The molecule has 0 aliphatic carbocycles. The fourth-order valence-electron chi connectivity index (χ4n) is 2.24. The Morgan fingerprint density at radius 3 is 2.62 bits per heavy atom. The second-order valence-corrected chi connectivity index (χ2v) is 5.13. The SMILES string of the molecule is CC(NC(=O)Cn1c(-c2ncccn2)noc1=O)c1ccccc1. The molecule has 8 heteroatoms. The van der Waals surface area contributed by atoms with E-state index in [9.17, 15) is 9.59 Å². The van der Waals surface area contributed by atoms with Crippen LogP contribution in [-0.2, 0) is 11.3 Å². The van der Waals surface area contributed by atoms with E-state index in [2.05, 4.69) is 25.0 Å². The predicted octanol–water partition coefficient (Wildman–Crippen LogP) is 1.17. The first-order valence-corrected chi connectivity index (χ1v) is 7.33. The van der Waals surface area contributed by atoms with Crippen LogP contribution in [0.3, 0.4) is 0 Å². The Kier molecular flexibility index (Phi) is 4.46. The summed E-state index contributed by atoms with van der Waals surface area (Å²) in [4.78, 5) is 32.1. The van der Waals surface area contributed by atoms with Crippen molar-refractivity contribution in [1.82, 2.24) is 25.0 Å². The third kappa shape index (κ3) is 3.37. The maximum atomic E-state index is 12.2. The Morgan fingerprint density at radius 2 is 1.92 bits per heavy atom. The van der Waals surface area contributed by atoms with Crippen molar-refractivity contribution < 1.29 is 9.32 Å². The monoisotopic (exact) mass is 325 g/mol. The molecule has 2 aromatic heterocycles. The summed E-state index contributed by atoms with van der Waals surface area (Å²) in [7, 11) is 0. The molecule has 0 bridgehead atoms. The molecule has 0 aliphatic heterocycles. The van der Waals surface area contributed by atoms with E-state index in [4.69, 9.17) is 0 Å². The summed E-state index contributed by atoms with van der Waals surface area (Å²) in [5, 5.41) is 6.48. The minimum absolute atomic E-state index is 0.114. The largest absolute Gasteiger partial charge is 0.442 e. The number of nitrogens with one attached hydrogen (secondary N) is 1. The van der Waals surface area contributed by atoms with Gasteiger partial charge in [-0.05, 0) is 18.6 Å². The van der Waals surface area contributed by atoms with Crippen LogP contribution in [0.4, 0.5) is 0 Å². The van der Waals surface area contributed by atoms with Crippen molar-refractivity contribution in [2.75, 3.05) is 0 Å². The highest BCUT2D eigenvalue weighted by Gasteiger charge is 2.18. The van der Waals surface area contributed by atoms with Gasteiger partial charge in [-0.25, -0.2) is 19.3 Å². The third-order valence-corrected chi connectivity index (χ3v) is 3.43. The normalized spacial score (nSPS) is 11.9. The van der Waals surface area contributed by atoms with E-state index in [0.29, 0.717) is 0 Å². The van der Waals surface area contributed by atoms with Gasteiger partial charge in [0.2, 0.25) is 11.7 Å². The smallest absolute Gasteiger partial charge is 0.348 e. The zero-order valence-electron chi connectivity index (χ0n) is 12.9. The van der Waals surface area contributed by atoms with Gasteiger partial charge in [0, 0.05) is 12.4 Å². The number of carbonyl (C=O) groups is 1. The van der Waals surface area contributed by atoms with Gasteiger partial charge < -0.3 is 5.32 Å². The molecule has 0 radical (unpaired) electrons. The third-order valence-electron chi connectivity index (χ3n) is 3.43. The van der Waals surface area contributed by atoms with Gasteiger partial charge >= 0.3 is 5.76 Å². The summed E-state index contributed by atoms with van der Waals surface area (Å²) >= 11 is 0. The maximum Gasteiger partial charge on any atom is 0.442 e. The van der Waals surface area contributed by atoms with E-state index in [1.165, 1.54) is 12.4 Å². The van der Waals surface area contributed by atoms with E-state index >= 15 is 0 Å². The molecule has 3 rings (SSSR count). The fourth-order valence-corrected chi connectivity index (χ4v) is 2.24.